The Kier molecular flexibility index (Phi) is 5.92. The molecule has 2 saturated heterocycles. The van der Waals surface area contributed by atoms with E-state index in [1.54, 1.807) is 0 Å². The van der Waals surface area contributed by atoms with Gasteiger partial charge < -0.3 is 14.2 Å². The second-order valence-electron chi connectivity index (χ2n) is 9.26. The molecule has 0 atom stereocenters. The van der Waals surface area contributed by atoms with Crippen molar-refractivity contribution in [2.24, 2.45) is 7.05 Å². The quantitative estimate of drug-likeness (QED) is 0.584. The zero-order valence-electron chi connectivity index (χ0n) is 19.2. The van der Waals surface area contributed by atoms with E-state index in [-0.39, 0.29) is 12.0 Å². The highest BCUT2D eigenvalue weighted by Crippen LogP contribution is 2.28. The number of para-hydroxylation sites is 1. The van der Waals surface area contributed by atoms with Crippen molar-refractivity contribution in [1.29, 1.82) is 0 Å². The van der Waals surface area contributed by atoms with Gasteiger partial charge in [-0.2, -0.15) is 0 Å². The number of likely N-dealkylation sites (tertiary alicyclic amines) is 2. The Balaban J connectivity index is 1.16. The second-order valence-corrected chi connectivity index (χ2v) is 9.26. The standard InChI is InChI=1S/C27H33N3O2/c1-20-25(24-7-3-4-8-26(24)28(20)2)19-29-17-13-23(14-18-29)32-22-11-9-21(10-12-22)27(31)30-15-5-6-16-30/h3-4,7-12,23H,5-6,13-19H2,1-2H3. The first kappa shape index (κ1) is 21.1. The third-order valence-corrected chi connectivity index (χ3v) is 7.24. The number of carbonyl (C=O) groups is 1. The van der Waals surface area contributed by atoms with Crippen LogP contribution >= 0.6 is 0 Å². The number of carbonyl (C=O) groups excluding carboxylic acids is 1. The van der Waals surface area contributed by atoms with Crippen LogP contribution in [0.3, 0.4) is 0 Å². The van der Waals surface area contributed by atoms with E-state index in [0.29, 0.717) is 0 Å². The number of fused-ring (bicyclic) bond motifs is 1. The van der Waals surface area contributed by atoms with Gasteiger partial charge in [-0.05, 0) is 68.5 Å². The molecule has 2 aliphatic rings. The monoisotopic (exact) mass is 431 g/mol. The first-order valence-electron chi connectivity index (χ1n) is 11.9. The third-order valence-electron chi connectivity index (χ3n) is 7.24. The van der Waals surface area contributed by atoms with Gasteiger partial charge in [0.05, 0.1) is 0 Å². The number of ether oxygens (including phenoxy) is 1. The van der Waals surface area contributed by atoms with Crippen molar-refractivity contribution in [3.63, 3.8) is 0 Å². The van der Waals surface area contributed by atoms with E-state index in [4.69, 9.17) is 4.74 Å². The number of piperidine rings is 1. The number of aryl methyl sites for hydroxylation is 1. The lowest BCUT2D eigenvalue weighted by Gasteiger charge is -2.32. The van der Waals surface area contributed by atoms with E-state index in [0.717, 1.165) is 69.7 Å². The average molecular weight is 432 g/mol. The smallest absolute Gasteiger partial charge is 0.253 e. The van der Waals surface area contributed by atoms with E-state index in [2.05, 4.69) is 47.7 Å². The van der Waals surface area contributed by atoms with E-state index in [1.807, 2.05) is 29.2 Å². The van der Waals surface area contributed by atoms with Crippen molar-refractivity contribution in [3.05, 3.63) is 65.4 Å². The molecule has 3 heterocycles. The molecule has 5 rings (SSSR count). The molecule has 168 valence electrons. The maximum Gasteiger partial charge on any atom is 0.253 e. The lowest BCUT2D eigenvalue weighted by molar-refractivity contribution is 0.0792. The van der Waals surface area contributed by atoms with E-state index in [9.17, 15) is 4.79 Å². The maximum absolute atomic E-state index is 12.5. The van der Waals surface area contributed by atoms with Crippen LogP contribution in [0, 0.1) is 6.92 Å². The van der Waals surface area contributed by atoms with Gasteiger partial charge >= 0.3 is 0 Å². The van der Waals surface area contributed by atoms with Crippen molar-refractivity contribution >= 4 is 16.8 Å². The molecule has 32 heavy (non-hydrogen) atoms. The summed E-state index contributed by atoms with van der Waals surface area (Å²) >= 11 is 0. The molecule has 2 aliphatic heterocycles. The number of aromatic nitrogens is 1. The Bertz CT molecular complexity index is 1090. The Morgan fingerprint density at radius 2 is 1.66 bits per heavy atom. The molecule has 0 saturated carbocycles. The summed E-state index contributed by atoms with van der Waals surface area (Å²) in [4.78, 5) is 17.0. The SMILES string of the molecule is Cc1c(CN2CCC(Oc3ccc(C(=O)N4CCCC4)cc3)CC2)c2ccccc2n1C. The van der Waals surface area contributed by atoms with Gasteiger partial charge in [0, 0.05) is 61.9 Å². The molecule has 5 heteroatoms. The number of nitrogens with zero attached hydrogens (tertiary/aromatic N) is 3. The minimum Gasteiger partial charge on any atom is -0.490 e. The number of amides is 1. The van der Waals surface area contributed by atoms with Crippen molar-refractivity contribution in [2.45, 2.75) is 45.3 Å². The fourth-order valence-corrected chi connectivity index (χ4v) is 5.18. The molecule has 0 bridgehead atoms. The maximum atomic E-state index is 12.5. The predicted molar refractivity (Wildman–Crippen MR) is 128 cm³/mol. The summed E-state index contributed by atoms with van der Waals surface area (Å²) in [6, 6.07) is 16.4. The molecule has 0 N–H and O–H groups in total. The van der Waals surface area contributed by atoms with Crippen molar-refractivity contribution in [2.75, 3.05) is 26.2 Å². The van der Waals surface area contributed by atoms with Crippen LogP contribution in [0.15, 0.2) is 48.5 Å². The molecule has 0 spiro atoms. The Labute approximate surface area is 190 Å². The summed E-state index contributed by atoms with van der Waals surface area (Å²) in [5.74, 6) is 1.01. The lowest BCUT2D eigenvalue weighted by Crippen LogP contribution is -2.37. The van der Waals surface area contributed by atoms with Crippen molar-refractivity contribution < 1.29 is 9.53 Å². The zero-order valence-corrected chi connectivity index (χ0v) is 19.2. The summed E-state index contributed by atoms with van der Waals surface area (Å²) in [6.45, 7) is 7.07. The molecule has 0 aliphatic carbocycles. The van der Waals surface area contributed by atoms with Gasteiger partial charge in [-0.25, -0.2) is 0 Å². The van der Waals surface area contributed by atoms with Crippen LogP contribution in [0.25, 0.3) is 10.9 Å². The lowest BCUT2D eigenvalue weighted by atomic mass is 10.1. The van der Waals surface area contributed by atoms with Gasteiger partial charge in [0.2, 0.25) is 0 Å². The van der Waals surface area contributed by atoms with E-state index >= 15 is 0 Å². The highest BCUT2D eigenvalue weighted by atomic mass is 16.5. The van der Waals surface area contributed by atoms with Crippen LogP contribution in [-0.4, -0.2) is 52.6 Å². The molecular weight excluding hydrogens is 398 g/mol. The highest BCUT2D eigenvalue weighted by molar-refractivity contribution is 5.94. The number of benzene rings is 2. The number of hydrogen-bond donors (Lipinski definition) is 0. The van der Waals surface area contributed by atoms with Crippen molar-refractivity contribution in [3.8, 4) is 5.75 Å². The van der Waals surface area contributed by atoms with Gasteiger partial charge in [-0.1, -0.05) is 18.2 Å². The molecule has 2 aromatic carbocycles. The molecule has 1 amide bonds. The highest BCUT2D eigenvalue weighted by Gasteiger charge is 2.23. The van der Waals surface area contributed by atoms with Crippen LogP contribution in [0.1, 0.15) is 47.3 Å². The van der Waals surface area contributed by atoms with Gasteiger partial charge in [-0.3, -0.25) is 9.69 Å². The van der Waals surface area contributed by atoms with Gasteiger partial charge in [0.25, 0.3) is 5.91 Å². The van der Waals surface area contributed by atoms with Crippen LogP contribution in [-0.2, 0) is 13.6 Å². The predicted octanol–water partition coefficient (Wildman–Crippen LogP) is 4.77. The summed E-state index contributed by atoms with van der Waals surface area (Å²) in [5.41, 5.74) is 4.87. The summed E-state index contributed by atoms with van der Waals surface area (Å²) in [5, 5.41) is 1.37. The summed E-state index contributed by atoms with van der Waals surface area (Å²) < 4.78 is 8.56. The summed E-state index contributed by atoms with van der Waals surface area (Å²) in [7, 11) is 2.16. The Morgan fingerprint density at radius 1 is 0.969 bits per heavy atom. The molecule has 0 unspecified atom stereocenters. The number of hydrogen-bond acceptors (Lipinski definition) is 3. The van der Waals surface area contributed by atoms with Gasteiger partial charge in [-0.15, -0.1) is 0 Å². The Morgan fingerprint density at radius 3 is 2.38 bits per heavy atom. The van der Waals surface area contributed by atoms with Crippen LogP contribution in [0.5, 0.6) is 5.75 Å². The fourth-order valence-electron chi connectivity index (χ4n) is 5.18. The molecule has 0 radical (unpaired) electrons. The minimum absolute atomic E-state index is 0.145. The van der Waals surface area contributed by atoms with E-state index < -0.39 is 0 Å². The molecule has 2 fully saturated rings. The molecule has 3 aromatic rings. The van der Waals surface area contributed by atoms with E-state index in [1.165, 1.54) is 22.2 Å². The first-order chi connectivity index (χ1) is 15.6. The zero-order chi connectivity index (χ0) is 22.1. The summed E-state index contributed by atoms with van der Waals surface area (Å²) in [6.07, 6.45) is 4.52. The molecule has 1 aromatic heterocycles. The third kappa shape index (κ3) is 4.14. The fraction of sp³-hybridized carbons (Fsp3) is 0.444. The Hall–Kier alpha value is -2.79. The van der Waals surface area contributed by atoms with Gasteiger partial charge in [0.15, 0.2) is 0 Å². The number of rotatable bonds is 5. The van der Waals surface area contributed by atoms with Crippen molar-refractivity contribution in [1.82, 2.24) is 14.4 Å². The minimum atomic E-state index is 0.145. The molecular formula is C27H33N3O2. The normalized spacial score (nSPS) is 17.9. The average Bonchev–Trinajstić information content (AvgIpc) is 3.45. The van der Waals surface area contributed by atoms with Crippen LogP contribution < -0.4 is 4.74 Å². The second kappa shape index (κ2) is 8.99. The van der Waals surface area contributed by atoms with Gasteiger partial charge in [0.1, 0.15) is 11.9 Å². The largest absolute Gasteiger partial charge is 0.490 e. The molecule has 5 nitrogen and oxygen atoms in total. The van der Waals surface area contributed by atoms with Crippen LogP contribution in [0.4, 0.5) is 0 Å². The topological polar surface area (TPSA) is 37.7 Å². The first-order valence-corrected chi connectivity index (χ1v) is 11.9. The van der Waals surface area contributed by atoms with Crippen LogP contribution in [0.2, 0.25) is 0 Å².